The predicted molar refractivity (Wildman–Crippen MR) is 95.8 cm³/mol. The fourth-order valence-corrected chi connectivity index (χ4v) is 3.13. The summed E-state index contributed by atoms with van der Waals surface area (Å²) in [5, 5.41) is 0. The number of nitrogens with zero attached hydrogens (tertiary/aromatic N) is 4. The van der Waals surface area contributed by atoms with Gasteiger partial charge in [-0.3, -0.25) is 4.79 Å². The lowest BCUT2D eigenvalue weighted by Gasteiger charge is -2.34. The van der Waals surface area contributed by atoms with Crippen LogP contribution in [0.3, 0.4) is 0 Å². The molecule has 0 radical (unpaired) electrons. The van der Waals surface area contributed by atoms with E-state index in [2.05, 4.69) is 14.9 Å². The van der Waals surface area contributed by atoms with Crippen LogP contribution in [0.1, 0.15) is 21.5 Å². The van der Waals surface area contributed by atoms with E-state index in [0.29, 0.717) is 43.4 Å². The van der Waals surface area contributed by atoms with Crippen molar-refractivity contribution < 1.29 is 9.21 Å². The van der Waals surface area contributed by atoms with Gasteiger partial charge in [0.15, 0.2) is 5.58 Å². The number of hydrogen-bond acceptors (Lipinski definition) is 5. The summed E-state index contributed by atoms with van der Waals surface area (Å²) >= 11 is 0. The number of rotatable bonds is 2. The first kappa shape index (κ1) is 15.6. The number of pyridine rings is 1. The zero-order valence-corrected chi connectivity index (χ0v) is 14.4. The van der Waals surface area contributed by atoms with E-state index < -0.39 is 0 Å². The molecule has 0 unspecified atom stereocenters. The average Bonchev–Trinajstić information content (AvgIpc) is 3.07. The lowest BCUT2D eigenvalue weighted by atomic mass is 10.0. The Kier molecular flexibility index (Phi) is 3.87. The van der Waals surface area contributed by atoms with Crippen LogP contribution < -0.4 is 4.90 Å². The van der Waals surface area contributed by atoms with Crippen molar-refractivity contribution in [2.75, 3.05) is 31.1 Å². The lowest BCUT2D eigenvalue weighted by molar-refractivity contribution is 0.0744. The molecule has 1 amide bonds. The molecule has 3 aromatic rings. The van der Waals surface area contributed by atoms with E-state index in [1.807, 2.05) is 49.1 Å². The van der Waals surface area contributed by atoms with Gasteiger partial charge in [0.25, 0.3) is 11.9 Å². The molecule has 2 aromatic heterocycles. The third-order valence-corrected chi connectivity index (χ3v) is 4.61. The zero-order chi connectivity index (χ0) is 17.4. The van der Waals surface area contributed by atoms with Gasteiger partial charge in [0.2, 0.25) is 5.65 Å². The summed E-state index contributed by atoms with van der Waals surface area (Å²) in [6.07, 6.45) is 1.70. The van der Waals surface area contributed by atoms with Crippen molar-refractivity contribution in [1.29, 1.82) is 0 Å². The molecule has 1 saturated heterocycles. The van der Waals surface area contributed by atoms with E-state index in [4.69, 9.17) is 4.42 Å². The van der Waals surface area contributed by atoms with Gasteiger partial charge in [-0.2, -0.15) is 4.98 Å². The minimum atomic E-state index is 0.0973. The monoisotopic (exact) mass is 336 g/mol. The molecule has 128 valence electrons. The van der Waals surface area contributed by atoms with E-state index in [1.165, 1.54) is 0 Å². The van der Waals surface area contributed by atoms with Crippen molar-refractivity contribution >= 4 is 23.2 Å². The van der Waals surface area contributed by atoms with Crippen LogP contribution in [-0.2, 0) is 0 Å². The number of hydrogen-bond donors (Lipinski definition) is 0. The van der Waals surface area contributed by atoms with Gasteiger partial charge in [0, 0.05) is 37.9 Å². The second kappa shape index (κ2) is 6.20. The molecule has 25 heavy (non-hydrogen) atoms. The number of aryl methyl sites for hydroxylation is 2. The van der Waals surface area contributed by atoms with Crippen molar-refractivity contribution in [3.63, 3.8) is 0 Å². The largest absolute Gasteiger partial charge is 0.422 e. The van der Waals surface area contributed by atoms with Gasteiger partial charge in [-0.1, -0.05) is 17.7 Å². The molecule has 1 aliphatic rings. The van der Waals surface area contributed by atoms with Crippen LogP contribution in [0.5, 0.6) is 0 Å². The maximum atomic E-state index is 12.8. The zero-order valence-electron chi connectivity index (χ0n) is 14.4. The molecule has 0 atom stereocenters. The molecule has 1 aliphatic heterocycles. The number of carbonyl (C=O) groups excluding carboxylic acids is 1. The summed E-state index contributed by atoms with van der Waals surface area (Å²) < 4.78 is 5.77. The van der Waals surface area contributed by atoms with Crippen molar-refractivity contribution in [1.82, 2.24) is 14.9 Å². The lowest BCUT2D eigenvalue weighted by Crippen LogP contribution is -2.49. The first-order valence-corrected chi connectivity index (χ1v) is 8.45. The second-order valence-corrected chi connectivity index (χ2v) is 6.42. The highest BCUT2D eigenvalue weighted by Crippen LogP contribution is 2.22. The first-order valence-electron chi connectivity index (χ1n) is 8.45. The van der Waals surface area contributed by atoms with Gasteiger partial charge in [0.1, 0.15) is 0 Å². The summed E-state index contributed by atoms with van der Waals surface area (Å²) in [5.74, 6) is 0.0973. The Morgan fingerprint density at radius 1 is 1.12 bits per heavy atom. The Morgan fingerprint density at radius 2 is 1.92 bits per heavy atom. The molecule has 3 heterocycles. The number of piperazine rings is 1. The molecular formula is C19H20N4O2. The Bertz CT molecular complexity index is 893. The predicted octanol–water partition coefficient (Wildman–Crippen LogP) is 2.80. The first-order chi connectivity index (χ1) is 12.1. The van der Waals surface area contributed by atoms with Gasteiger partial charge < -0.3 is 14.2 Å². The molecule has 0 aliphatic carbocycles. The summed E-state index contributed by atoms with van der Waals surface area (Å²) in [6, 6.07) is 10.3. The van der Waals surface area contributed by atoms with Crippen LogP contribution in [0, 0.1) is 13.8 Å². The fourth-order valence-electron chi connectivity index (χ4n) is 3.13. The van der Waals surface area contributed by atoms with E-state index in [1.54, 1.807) is 6.20 Å². The number of aromatic nitrogens is 2. The Hall–Kier alpha value is -2.89. The third-order valence-electron chi connectivity index (χ3n) is 4.61. The van der Waals surface area contributed by atoms with Crippen molar-refractivity contribution in [3.05, 3.63) is 53.2 Å². The number of oxazole rings is 1. The van der Waals surface area contributed by atoms with E-state index >= 15 is 0 Å². The Labute approximate surface area is 146 Å². The molecule has 0 saturated carbocycles. The van der Waals surface area contributed by atoms with Crippen molar-refractivity contribution in [2.45, 2.75) is 13.8 Å². The van der Waals surface area contributed by atoms with Crippen LogP contribution in [0.25, 0.3) is 11.2 Å². The Morgan fingerprint density at radius 3 is 2.68 bits per heavy atom. The highest BCUT2D eigenvalue weighted by molar-refractivity contribution is 5.96. The SMILES string of the molecule is Cc1ccc(C)c(C(=O)N2CCN(c3nc4ncccc4o3)CC2)c1. The molecule has 0 N–H and O–H groups in total. The van der Waals surface area contributed by atoms with Gasteiger partial charge in [-0.15, -0.1) is 0 Å². The third kappa shape index (κ3) is 2.95. The fraction of sp³-hybridized carbons (Fsp3) is 0.316. The molecule has 6 heteroatoms. The van der Waals surface area contributed by atoms with E-state index in [9.17, 15) is 4.79 Å². The van der Waals surface area contributed by atoms with Crippen molar-refractivity contribution in [2.24, 2.45) is 0 Å². The van der Waals surface area contributed by atoms with E-state index in [0.717, 1.165) is 16.7 Å². The van der Waals surface area contributed by atoms with Crippen LogP contribution >= 0.6 is 0 Å². The van der Waals surface area contributed by atoms with Gasteiger partial charge >= 0.3 is 0 Å². The molecule has 6 nitrogen and oxygen atoms in total. The molecule has 1 aromatic carbocycles. The molecule has 0 spiro atoms. The highest BCUT2D eigenvalue weighted by Gasteiger charge is 2.25. The van der Waals surface area contributed by atoms with Crippen LogP contribution in [0.15, 0.2) is 40.9 Å². The minimum Gasteiger partial charge on any atom is -0.422 e. The smallest absolute Gasteiger partial charge is 0.300 e. The summed E-state index contributed by atoms with van der Waals surface area (Å²) in [5.41, 5.74) is 4.21. The quantitative estimate of drug-likeness (QED) is 0.720. The maximum absolute atomic E-state index is 12.8. The summed E-state index contributed by atoms with van der Waals surface area (Å²) in [7, 11) is 0. The molecule has 1 fully saturated rings. The summed E-state index contributed by atoms with van der Waals surface area (Å²) in [6.45, 7) is 6.69. The number of amides is 1. The van der Waals surface area contributed by atoms with Crippen LogP contribution in [0.4, 0.5) is 6.01 Å². The number of benzene rings is 1. The minimum absolute atomic E-state index is 0.0973. The standard InChI is InChI=1S/C19H20N4O2/c1-13-5-6-14(2)15(12-13)18(24)22-8-10-23(11-9-22)19-21-17-16(25-19)4-3-7-20-17/h3-7,12H,8-11H2,1-2H3. The van der Waals surface area contributed by atoms with Crippen LogP contribution in [-0.4, -0.2) is 47.0 Å². The molecular weight excluding hydrogens is 316 g/mol. The normalized spacial score (nSPS) is 15.0. The average molecular weight is 336 g/mol. The molecule has 4 rings (SSSR count). The topological polar surface area (TPSA) is 62.5 Å². The Balaban J connectivity index is 1.47. The number of fused-ring (bicyclic) bond motifs is 1. The number of carbonyl (C=O) groups is 1. The number of anilines is 1. The second-order valence-electron chi connectivity index (χ2n) is 6.42. The van der Waals surface area contributed by atoms with Gasteiger partial charge in [-0.05, 0) is 37.6 Å². The van der Waals surface area contributed by atoms with Gasteiger partial charge in [-0.25, -0.2) is 4.98 Å². The highest BCUT2D eigenvalue weighted by atomic mass is 16.4. The van der Waals surface area contributed by atoms with E-state index in [-0.39, 0.29) is 5.91 Å². The van der Waals surface area contributed by atoms with Gasteiger partial charge in [0.05, 0.1) is 0 Å². The summed E-state index contributed by atoms with van der Waals surface area (Å²) in [4.78, 5) is 25.4. The van der Waals surface area contributed by atoms with Crippen LogP contribution in [0.2, 0.25) is 0 Å². The van der Waals surface area contributed by atoms with Crippen molar-refractivity contribution in [3.8, 4) is 0 Å². The molecule has 0 bridgehead atoms. The maximum Gasteiger partial charge on any atom is 0.300 e.